The second-order valence-electron chi connectivity index (χ2n) is 6.04. The molecule has 3 aromatic heterocycles. The molecular weight excluding hydrogens is 330 g/mol. The molecule has 7 nitrogen and oxygen atoms in total. The molecule has 1 aliphatic heterocycles. The zero-order valence-electron chi connectivity index (χ0n) is 12.9. The average molecular weight is 347 g/mol. The van der Waals surface area contributed by atoms with Gasteiger partial charge in [0.25, 0.3) is 0 Å². The first-order valence-electron chi connectivity index (χ1n) is 7.56. The van der Waals surface area contributed by atoms with Crippen molar-refractivity contribution in [3.05, 3.63) is 36.1 Å². The fourth-order valence-electron chi connectivity index (χ4n) is 3.16. The van der Waals surface area contributed by atoms with Gasteiger partial charge in [-0.2, -0.15) is 0 Å². The van der Waals surface area contributed by atoms with Gasteiger partial charge >= 0.3 is 0 Å². The Balaban J connectivity index is 1.83. The lowest BCUT2D eigenvalue weighted by Gasteiger charge is -2.27. The predicted molar refractivity (Wildman–Crippen MR) is 88.5 cm³/mol. The molecule has 0 saturated carbocycles. The van der Waals surface area contributed by atoms with E-state index in [2.05, 4.69) is 9.97 Å². The van der Waals surface area contributed by atoms with Crippen LogP contribution in [0.4, 0.5) is 0 Å². The second kappa shape index (κ2) is 5.61. The number of aromatic nitrogens is 3. The Bertz CT molecular complexity index is 861. The number of hydrogen-bond donors (Lipinski definition) is 3. The molecule has 0 spiro atoms. The molecule has 1 fully saturated rings. The molecule has 1 aliphatic rings. The first kappa shape index (κ1) is 15.7. The topological polar surface area (TPSA) is 101 Å². The average Bonchev–Trinajstić information content (AvgIpc) is 3.28. The van der Waals surface area contributed by atoms with Crippen molar-refractivity contribution in [2.45, 2.75) is 31.0 Å². The smallest absolute Gasteiger partial charge is 0.167 e. The van der Waals surface area contributed by atoms with Crippen molar-refractivity contribution in [3.8, 4) is 10.6 Å². The van der Waals surface area contributed by atoms with E-state index >= 15 is 0 Å². The lowest BCUT2D eigenvalue weighted by atomic mass is 9.96. The number of ether oxygens (including phenoxy) is 1. The molecule has 0 aromatic carbocycles. The van der Waals surface area contributed by atoms with Crippen LogP contribution in [0.15, 0.2) is 36.1 Å². The molecule has 1 saturated heterocycles. The van der Waals surface area contributed by atoms with Crippen molar-refractivity contribution in [1.29, 1.82) is 0 Å². The third kappa shape index (κ3) is 2.19. The first-order valence-corrected chi connectivity index (χ1v) is 8.44. The minimum Gasteiger partial charge on any atom is -0.394 e. The maximum Gasteiger partial charge on any atom is 0.167 e. The summed E-state index contributed by atoms with van der Waals surface area (Å²) in [5, 5.41) is 33.0. The van der Waals surface area contributed by atoms with Crippen LogP contribution in [0.1, 0.15) is 13.2 Å². The summed E-state index contributed by atoms with van der Waals surface area (Å²) >= 11 is 1.58. The van der Waals surface area contributed by atoms with E-state index in [0.29, 0.717) is 5.65 Å². The lowest BCUT2D eigenvalue weighted by Crippen LogP contribution is -2.44. The van der Waals surface area contributed by atoms with Gasteiger partial charge in [0, 0.05) is 11.6 Å². The van der Waals surface area contributed by atoms with Gasteiger partial charge in [-0.25, -0.2) is 9.97 Å². The van der Waals surface area contributed by atoms with Crippen molar-refractivity contribution in [2.75, 3.05) is 6.61 Å². The monoisotopic (exact) mass is 347 g/mol. The molecule has 126 valence electrons. The number of rotatable bonds is 3. The standard InChI is InChI=1S/C16H17N3O4S/c1-16(22)13(21)10(7-20)23-15(16)19-5-4-9-12(11-3-2-6-24-11)17-8-18-14(9)19/h2-6,8,10,13,15,20-22H,7H2,1H3/t10-,13-,15-,16+/m1/s1. The van der Waals surface area contributed by atoms with Crippen LogP contribution in [0, 0.1) is 0 Å². The Morgan fingerprint density at radius 1 is 1.38 bits per heavy atom. The Morgan fingerprint density at radius 3 is 2.88 bits per heavy atom. The quantitative estimate of drug-likeness (QED) is 0.657. The zero-order chi connectivity index (χ0) is 16.9. The van der Waals surface area contributed by atoms with E-state index < -0.39 is 24.0 Å². The van der Waals surface area contributed by atoms with Crippen LogP contribution in [0.5, 0.6) is 0 Å². The summed E-state index contributed by atoms with van der Waals surface area (Å²) in [6.07, 6.45) is 0.331. The first-order chi connectivity index (χ1) is 11.5. The van der Waals surface area contributed by atoms with Crippen LogP contribution in [0.3, 0.4) is 0 Å². The number of nitrogens with zero attached hydrogens (tertiary/aromatic N) is 3. The van der Waals surface area contributed by atoms with Gasteiger partial charge in [-0.1, -0.05) is 6.07 Å². The van der Waals surface area contributed by atoms with Gasteiger partial charge in [0.2, 0.25) is 0 Å². The number of aliphatic hydroxyl groups excluding tert-OH is 2. The highest BCUT2D eigenvalue weighted by Gasteiger charge is 2.53. The van der Waals surface area contributed by atoms with Crippen LogP contribution in [-0.2, 0) is 4.74 Å². The summed E-state index contributed by atoms with van der Waals surface area (Å²) in [6.45, 7) is 1.12. The zero-order valence-corrected chi connectivity index (χ0v) is 13.7. The predicted octanol–water partition coefficient (Wildman–Crippen LogP) is 1.16. The molecule has 4 rings (SSSR count). The summed E-state index contributed by atoms with van der Waals surface area (Å²) in [5.74, 6) is 0. The van der Waals surface area contributed by atoms with Crippen molar-refractivity contribution in [1.82, 2.24) is 14.5 Å². The van der Waals surface area contributed by atoms with Crippen molar-refractivity contribution >= 4 is 22.4 Å². The fraction of sp³-hybridized carbons (Fsp3) is 0.375. The molecule has 8 heteroatoms. The Labute approximate surface area is 141 Å². The minimum absolute atomic E-state index is 0.373. The fourth-order valence-corrected chi connectivity index (χ4v) is 3.90. The van der Waals surface area contributed by atoms with Gasteiger partial charge in [-0.05, 0) is 24.4 Å². The second-order valence-corrected chi connectivity index (χ2v) is 6.99. The highest BCUT2D eigenvalue weighted by atomic mass is 32.1. The molecule has 3 N–H and O–H groups in total. The number of aliphatic hydroxyl groups is 3. The van der Waals surface area contributed by atoms with E-state index in [1.165, 1.54) is 13.3 Å². The number of fused-ring (bicyclic) bond motifs is 1. The van der Waals surface area contributed by atoms with E-state index in [0.717, 1.165) is 16.0 Å². The van der Waals surface area contributed by atoms with E-state index in [4.69, 9.17) is 4.74 Å². The molecule has 0 bridgehead atoms. The van der Waals surface area contributed by atoms with Crippen molar-refractivity contribution < 1.29 is 20.1 Å². The van der Waals surface area contributed by atoms with E-state index in [9.17, 15) is 15.3 Å². The van der Waals surface area contributed by atoms with Gasteiger partial charge in [0.15, 0.2) is 6.23 Å². The largest absolute Gasteiger partial charge is 0.394 e. The van der Waals surface area contributed by atoms with Crippen LogP contribution in [0.25, 0.3) is 21.6 Å². The Kier molecular flexibility index (Phi) is 3.66. The highest BCUT2D eigenvalue weighted by Crippen LogP contribution is 2.40. The van der Waals surface area contributed by atoms with Gasteiger partial charge in [0.05, 0.1) is 17.2 Å². The summed E-state index contributed by atoms with van der Waals surface area (Å²) in [6, 6.07) is 5.80. The molecule has 0 aliphatic carbocycles. The molecule has 24 heavy (non-hydrogen) atoms. The molecule has 3 aromatic rings. The highest BCUT2D eigenvalue weighted by molar-refractivity contribution is 7.13. The van der Waals surface area contributed by atoms with Crippen LogP contribution in [0.2, 0.25) is 0 Å². The molecule has 0 amide bonds. The van der Waals surface area contributed by atoms with Crippen LogP contribution < -0.4 is 0 Å². The number of hydrogen-bond acceptors (Lipinski definition) is 7. The maximum absolute atomic E-state index is 10.7. The maximum atomic E-state index is 10.7. The van der Waals surface area contributed by atoms with Gasteiger partial charge < -0.3 is 24.6 Å². The van der Waals surface area contributed by atoms with E-state index in [1.54, 1.807) is 22.1 Å². The summed E-state index contributed by atoms with van der Waals surface area (Å²) < 4.78 is 7.35. The molecule has 4 heterocycles. The lowest BCUT2D eigenvalue weighted by molar-refractivity contribution is -0.0948. The van der Waals surface area contributed by atoms with Crippen LogP contribution in [-0.4, -0.2) is 54.3 Å². The third-order valence-corrected chi connectivity index (χ3v) is 5.33. The Morgan fingerprint density at radius 2 is 2.21 bits per heavy atom. The molecule has 0 unspecified atom stereocenters. The van der Waals surface area contributed by atoms with Crippen molar-refractivity contribution in [3.63, 3.8) is 0 Å². The van der Waals surface area contributed by atoms with Gasteiger partial charge in [0.1, 0.15) is 29.8 Å². The third-order valence-electron chi connectivity index (χ3n) is 4.45. The summed E-state index contributed by atoms with van der Waals surface area (Å²) in [4.78, 5) is 9.70. The normalized spacial score (nSPS) is 30.2. The molecule has 0 radical (unpaired) electrons. The number of thiophene rings is 1. The summed E-state index contributed by atoms with van der Waals surface area (Å²) in [5.41, 5.74) is -0.136. The summed E-state index contributed by atoms with van der Waals surface area (Å²) in [7, 11) is 0. The van der Waals surface area contributed by atoms with Crippen molar-refractivity contribution in [2.24, 2.45) is 0 Å². The van der Waals surface area contributed by atoms with E-state index in [1.807, 2.05) is 23.6 Å². The molecule has 4 atom stereocenters. The van der Waals surface area contributed by atoms with E-state index in [-0.39, 0.29) is 6.61 Å². The molecular formula is C16H17N3O4S. The minimum atomic E-state index is -1.55. The van der Waals surface area contributed by atoms with Gasteiger partial charge in [-0.3, -0.25) is 0 Å². The SMILES string of the molecule is C[C@]1(O)[C@H](O)[C@@H](CO)O[C@H]1n1ccc2c(-c3cccs3)ncnc21. The van der Waals surface area contributed by atoms with Gasteiger partial charge in [-0.15, -0.1) is 11.3 Å². The Hall–Kier alpha value is -1.84. The van der Waals surface area contributed by atoms with Crippen LogP contribution >= 0.6 is 11.3 Å².